The summed E-state index contributed by atoms with van der Waals surface area (Å²) in [4.78, 5) is 32.2. The predicted molar refractivity (Wildman–Crippen MR) is 43.9 cm³/mol. The molecule has 0 bridgehead atoms. The first-order chi connectivity index (χ1) is 7.14. The number of rotatable bonds is 4. The van der Waals surface area contributed by atoms with E-state index in [9.17, 15) is 14.4 Å². The molecule has 3 N–H and O–H groups in total. The van der Waals surface area contributed by atoms with Gasteiger partial charge in [-0.15, -0.1) is 0 Å². The Morgan fingerprint density at radius 1 is 1.54 bits per heavy atom. The molecular weight excluding hydrogens is 176 g/mol. The Hall–Kier alpha value is -1.59. The second kappa shape index (κ2) is 5.13. The number of carboxylic acids is 1. The lowest BCUT2D eigenvalue weighted by atomic mass is 10.3. The highest BCUT2D eigenvalue weighted by Crippen LogP contribution is 1.81. The Kier molecular flexibility index (Phi) is 2.71. The van der Waals surface area contributed by atoms with Crippen molar-refractivity contribution in [1.29, 1.82) is 0 Å². The zero-order valence-corrected chi connectivity index (χ0v) is 6.96. The average molecular weight is 191 g/mol. The van der Waals surface area contributed by atoms with Gasteiger partial charge in [0.25, 0.3) is 0 Å². The van der Waals surface area contributed by atoms with Gasteiger partial charge in [-0.2, -0.15) is 0 Å². The van der Waals surface area contributed by atoms with E-state index >= 15 is 0 Å². The molecule has 0 radical (unpaired) electrons. The Labute approximate surface area is 79.5 Å². The summed E-state index contributed by atoms with van der Waals surface area (Å²) in [5.41, 5.74) is 0. The van der Waals surface area contributed by atoms with Crippen LogP contribution in [-0.2, 0) is 14.4 Å². The van der Waals surface area contributed by atoms with Gasteiger partial charge in [0.05, 0.1) is 0 Å². The second-order valence-corrected chi connectivity index (χ2v) is 2.31. The van der Waals surface area contributed by atoms with Crippen LogP contribution in [0.25, 0.3) is 0 Å². The van der Waals surface area contributed by atoms with E-state index in [0.29, 0.717) is 0 Å². The molecule has 0 aliphatic carbocycles. The lowest BCUT2D eigenvalue weighted by Gasteiger charge is -2.10. The lowest BCUT2D eigenvalue weighted by molar-refractivity contribution is -0.138. The highest BCUT2D eigenvalue weighted by Gasteiger charge is 2.13. The summed E-state index contributed by atoms with van der Waals surface area (Å²) in [6.07, 6.45) is 0. The van der Waals surface area contributed by atoms with E-state index in [0.717, 1.165) is 0 Å². The topological polar surface area (TPSA) is 95.5 Å². The van der Waals surface area contributed by atoms with Crippen LogP contribution in [0, 0.1) is 0 Å². The zero-order chi connectivity index (χ0) is 12.9. The minimum absolute atomic E-state index is 0.590. The molecule has 0 heterocycles. The average Bonchev–Trinajstić information content (AvgIpc) is 2.12. The van der Waals surface area contributed by atoms with Crippen molar-refractivity contribution in [2.45, 2.75) is 19.8 Å². The van der Waals surface area contributed by atoms with E-state index < -0.39 is 37.2 Å². The molecule has 2 amide bonds. The molecular formula is C7H12N2O4. The van der Waals surface area contributed by atoms with E-state index in [1.165, 1.54) is 6.92 Å². The summed E-state index contributed by atoms with van der Waals surface area (Å²) >= 11 is 0. The summed E-state index contributed by atoms with van der Waals surface area (Å²) in [6, 6.07) is -1.10. The van der Waals surface area contributed by atoms with E-state index in [1.807, 2.05) is 10.6 Å². The molecule has 0 aromatic rings. The number of aliphatic carboxylic acids is 1. The Morgan fingerprint density at radius 2 is 2.15 bits per heavy atom. The van der Waals surface area contributed by atoms with Crippen LogP contribution in [0.5, 0.6) is 0 Å². The molecule has 0 rings (SSSR count). The number of carbonyl (C=O) groups is 3. The van der Waals surface area contributed by atoms with Crippen molar-refractivity contribution in [2.24, 2.45) is 0 Å². The highest BCUT2D eigenvalue weighted by molar-refractivity contribution is 5.88. The molecule has 0 aromatic heterocycles. The van der Waals surface area contributed by atoms with Crippen LogP contribution in [0.4, 0.5) is 0 Å². The van der Waals surface area contributed by atoms with Crippen molar-refractivity contribution in [3.8, 4) is 0 Å². The maximum Gasteiger partial charge on any atom is 0.322 e. The molecule has 0 aliphatic rings. The fourth-order valence-corrected chi connectivity index (χ4v) is 0.578. The molecule has 6 nitrogen and oxygen atoms in total. The quantitative estimate of drug-likeness (QED) is 0.515. The number of amides is 2. The molecule has 0 spiro atoms. The van der Waals surface area contributed by atoms with Crippen molar-refractivity contribution in [2.75, 3.05) is 6.54 Å². The molecule has 0 saturated heterocycles. The SMILES string of the molecule is [2H]C([2H])([2H])C(=O)N[C@@H](C)C(=O)NCC(=O)O. The summed E-state index contributed by atoms with van der Waals surface area (Å²) in [7, 11) is 0. The number of hydrogen-bond donors (Lipinski definition) is 3. The first-order valence-electron chi connectivity index (χ1n) is 4.95. The largest absolute Gasteiger partial charge is 0.480 e. The number of nitrogens with one attached hydrogen (secondary N) is 2. The highest BCUT2D eigenvalue weighted by atomic mass is 16.4. The summed E-state index contributed by atoms with van der Waals surface area (Å²) < 4.78 is 20.2. The third kappa shape index (κ3) is 5.66. The maximum atomic E-state index is 11.1. The molecule has 1 atom stereocenters. The third-order valence-electron chi connectivity index (χ3n) is 1.15. The van der Waals surface area contributed by atoms with Crippen LogP contribution in [0.3, 0.4) is 0 Å². The first-order valence-corrected chi connectivity index (χ1v) is 3.45. The Bertz CT molecular complexity index is 302. The normalized spacial score (nSPS) is 15.9. The van der Waals surface area contributed by atoms with Gasteiger partial charge in [0, 0.05) is 11.0 Å². The summed E-state index contributed by atoms with van der Waals surface area (Å²) in [5, 5.41) is 12.2. The minimum atomic E-state index is -2.83. The van der Waals surface area contributed by atoms with Crippen molar-refractivity contribution < 1.29 is 23.6 Å². The zero-order valence-electron chi connectivity index (χ0n) is 9.96. The molecule has 6 heteroatoms. The molecule has 74 valence electrons. The van der Waals surface area contributed by atoms with Gasteiger partial charge in [0.15, 0.2) is 0 Å². The molecule has 0 aromatic carbocycles. The van der Waals surface area contributed by atoms with Crippen molar-refractivity contribution >= 4 is 17.8 Å². The lowest BCUT2D eigenvalue weighted by Crippen LogP contribution is -2.45. The monoisotopic (exact) mass is 191 g/mol. The molecule has 13 heavy (non-hydrogen) atoms. The first kappa shape index (κ1) is 6.88. The fraction of sp³-hybridized carbons (Fsp3) is 0.571. The third-order valence-corrected chi connectivity index (χ3v) is 1.15. The van der Waals surface area contributed by atoms with Gasteiger partial charge in [-0.05, 0) is 6.92 Å². The van der Waals surface area contributed by atoms with Crippen LogP contribution >= 0.6 is 0 Å². The summed E-state index contributed by atoms with van der Waals surface area (Å²) in [5.74, 6) is -3.26. The van der Waals surface area contributed by atoms with Crippen LogP contribution < -0.4 is 10.6 Å². The van der Waals surface area contributed by atoms with Crippen molar-refractivity contribution in [3.05, 3.63) is 0 Å². The Balaban J connectivity index is 4.16. The predicted octanol–water partition coefficient (Wildman–Crippen LogP) is -1.29. The summed E-state index contributed by atoms with van der Waals surface area (Å²) in [6.45, 7) is -2.17. The molecule has 0 fully saturated rings. The molecule has 0 aliphatic heterocycles. The van der Waals surface area contributed by atoms with Crippen LogP contribution in [-0.4, -0.2) is 35.5 Å². The van der Waals surface area contributed by atoms with Crippen LogP contribution in [0.2, 0.25) is 0 Å². The standard InChI is InChI=1S/C7H12N2O4/c1-4(9-5(2)10)7(13)8-3-6(11)12/h4H,3H2,1-2H3,(H,8,13)(H,9,10)(H,11,12)/t4-/m0/s1/i2D3. The van der Waals surface area contributed by atoms with Gasteiger partial charge < -0.3 is 15.7 Å². The van der Waals surface area contributed by atoms with Gasteiger partial charge in [-0.25, -0.2) is 0 Å². The van der Waals surface area contributed by atoms with E-state index in [1.54, 1.807) is 0 Å². The van der Waals surface area contributed by atoms with Gasteiger partial charge >= 0.3 is 5.97 Å². The number of hydrogen-bond acceptors (Lipinski definition) is 3. The molecule has 0 saturated carbocycles. The van der Waals surface area contributed by atoms with Crippen molar-refractivity contribution in [1.82, 2.24) is 10.6 Å². The van der Waals surface area contributed by atoms with Gasteiger partial charge in [-0.3, -0.25) is 14.4 Å². The maximum absolute atomic E-state index is 11.1. The van der Waals surface area contributed by atoms with Gasteiger partial charge in [0.1, 0.15) is 12.6 Å². The number of carbonyl (C=O) groups excluding carboxylic acids is 2. The van der Waals surface area contributed by atoms with Crippen molar-refractivity contribution in [3.63, 3.8) is 0 Å². The van der Waals surface area contributed by atoms with E-state index in [2.05, 4.69) is 0 Å². The minimum Gasteiger partial charge on any atom is -0.480 e. The van der Waals surface area contributed by atoms with Gasteiger partial charge in [0.2, 0.25) is 11.8 Å². The van der Waals surface area contributed by atoms with Crippen LogP contribution in [0.1, 0.15) is 17.9 Å². The number of carboxylic acid groups (broad SMARTS) is 1. The van der Waals surface area contributed by atoms with Gasteiger partial charge in [-0.1, -0.05) is 0 Å². The van der Waals surface area contributed by atoms with E-state index in [4.69, 9.17) is 9.22 Å². The smallest absolute Gasteiger partial charge is 0.322 e. The fourth-order valence-electron chi connectivity index (χ4n) is 0.578. The second-order valence-electron chi connectivity index (χ2n) is 2.31. The molecule has 0 unspecified atom stereocenters. The van der Waals surface area contributed by atoms with Crippen LogP contribution in [0.15, 0.2) is 0 Å². The Morgan fingerprint density at radius 3 is 2.62 bits per heavy atom. The van der Waals surface area contributed by atoms with E-state index in [-0.39, 0.29) is 0 Å².